The molecule has 2 aromatic heterocycles. The number of nitrogens with one attached hydrogen (secondary N) is 1. The van der Waals surface area contributed by atoms with Crippen LogP contribution in [0.1, 0.15) is 5.56 Å². The van der Waals surface area contributed by atoms with E-state index < -0.39 is 0 Å². The molecule has 1 N–H and O–H groups in total. The van der Waals surface area contributed by atoms with Gasteiger partial charge in [-0.1, -0.05) is 47.6 Å². The van der Waals surface area contributed by atoms with Crippen molar-refractivity contribution in [3.63, 3.8) is 0 Å². The highest BCUT2D eigenvalue weighted by molar-refractivity contribution is 7.99. The summed E-state index contributed by atoms with van der Waals surface area (Å²) in [5.74, 6) is 0.564. The Hall–Kier alpha value is -3.23. The smallest absolute Gasteiger partial charge is 0.234 e. The Labute approximate surface area is 182 Å². The molecule has 0 saturated heterocycles. The number of amides is 1. The van der Waals surface area contributed by atoms with E-state index in [4.69, 9.17) is 11.6 Å². The van der Waals surface area contributed by atoms with Gasteiger partial charge in [-0.25, -0.2) is 4.98 Å². The third-order valence-corrected chi connectivity index (χ3v) is 5.41. The van der Waals surface area contributed by atoms with Crippen molar-refractivity contribution in [1.29, 1.82) is 0 Å². The van der Waals surface area contributed by atoms with Crippen LogP contribution in [0.5, 0.6) is 0 Å². The van der Waals surface area contributed by atoms with E-state index in [1.165, 1.54) is 11.8 Å². The molecule has 7 nitrogen and oxygen atoms in total. The zero-order chi connectivity index (χ0) is 20.9. The number of para-hydroxylation sites is 1. The van der Waals surface area contributed by atoms with Crippen LogP contribution >= 0.6 is 23.4 Å². The van der Waals surface area contributed by atoms with Crippen LogP contribution in [0.3, 0.4) is 0 Å². The van der Waals surface area contributed by atoms with Crippen molar-refractivity contribution in [2.45, 2.75) is 12.1 Å². The summed E-state index contributed by atoms with van der Waals surface area (Å²) < 4.78 is 1.87. The van der Waals surface area contributed by atoms with Gasteiger partial charge < -0.3 is 5.32 Å². The molecule has 0 atom stereocenters. The molecule has 2 heterocycles. The average Bonchev–Trinajstić information content (AvgIpc) is 3.20. The molecule has 0 aliphatic rings. The standard InChI is InChI=1S/C21H17ClN6OS/c1-14-7-8-15(22)11-17(14)25-19(29)13-30-21-27-26-20(18-12-23-9-10-24-18)28(21)16-5-3-2-4-6-16/h2-12H,13H2,1H3,(H,25,29). The molecule has 4 aromatic rings. The zero-order valence-electron chi connectivity index (χ0n) is 16.0. The van der Waals surface area contributed by atoms with E-state index in [0.717, 1.165) is 11.3 Å². The molecule has 30 heavy (non-hydrogen) atoms. The average molecular weight is 437 g/mol. The number of benzene rings is 2. The summed E-state index contributed by atoms with van der Waals surface area (Å²) in [6, 6.07) is 15.1. The highest BCUT2D eigenvalue weighted by atomic mass is 35.5. The Morgan fingerprint density at radius 3 is 2.73 bits per heavy atom. The summed E-state index contributed by atoms with van der Waals surface area (Å²) in [5, 5.41) is 12.6. The number of carbonyl (C=O) groups is 1. The maximum atomic E-state index is 12.5. The fourth-order valence-corrected chi connectivity index (χ4v) is 3.72. The molecule has 1 amide bonds. The van der Waals surface area contributed by atoms with Gasteiger partial charge in [-0.05, 0) is 36.8 Å². The SMILES string of the molecule is Cc1ccc(Cl)cc1NC(=O)CSc1nnc(-c2cnccn2)n1-c1ccccc1. The second-order valence-electron chi connectivity index (χ2n) is 6.36. The van der Waals surface area contributed by atoms with Crippen LogP contribution in [0.2, 0.25) is 5.02 Å². The maximum absolute atomic E-state index is 12.5. The van der Waals surface area contributed by atoms with Gasteiger partial charge in [0.1, 0.15) is 5.69 Å². The Bertz CT molecular complexity index is 1170. The molecule has 0 fully saturated rings. The number of aromatic nitrogens is 5. The predicted octanol–water partition coefficient (Wildman–Crippen LogP) is 4.42. The van der Waals surface area contributed by atoms with Crippen LogP contribution in [0.15, 0.2) is 72.3 Å². The van der Waals surface area contributed by atoms with Crippen molar-refractivity contribution in [2.24, 2.45) is 0 Å². The summed E-state index contributed by atoms with van der Waals surface area (Å²) in [7, 11) is 0. The molecule has 9 heteroatoms. The predicted molar refractivity (Wildman–Crippen MR) is 118 cm³/mol. The molecular weight excluding hydrogens is 420 g/mol. The van der Waals surface area contributed by atoms with Gasteiger partial charge in [0.2, 0.25) is 5.91 Å². The summed E-state index contributed by atoms with van der Waals surface area (Å²) in [5.41, 5.74) is 3.10. The number of aryl methyl sites for hydroxylation is 1. The maximum Gasteiger partial charge on any atom is 0.234 e. The molecule has 2 aromatic carbocycles. The van der Waals surface area contributed by atoms with E-state index in [0.29, 0.717) is 27.4 Å². The molecular formula is C21H17ClN6OS. The van der Waals surface area contributed by atoms with Crippen molar-refractivity contribution < 1.29 is 4.79 Å². The quantitative estimate of drug-likeness (QED) is 0.450. The largest absolute Gasteiger partial charge is 0.325 e. The highest BCUT2D eigenvalue weighted by Gasteiger charge is 2.18. The van der Waals surface area contributed by atoms with Crippen LogP contribution in [-0.4, -0.2) is 36.4 Å². The van der Waals surface area contributed by atoms with Crippen molar-refractivity contribution in [3.8, 4) is 17.2 Å². The van der Waals surface area contributed by atoms with E-state index in [2.05, 4.69) is 25.5 Å². The molecule has 0 radical (unpaired) electrons. The summed E-state index contributed by atoms with van der Waals surface area (Å²) in [6.45, 7) is 1.91. The van der Waals surface area contributed by atoms with E-state index in [1.807, 2.05) is 47.9 Å². The monoisotopic (exact) mass is 436 g/mol. The first kappa shape index (κ1) is 20.1. The molecule has 0 aliphatic carbocycles. The number of thioether (sulfide) groups is 1. The molecule has 0 aliphatic heterocycles. The lowest BCUT2D eigenvalue weighted by atomic mass is 10.2. The second-order valence-corrected chi connectivity index (χ2v) is 7.74. The van der Waals surface area contributed by atoms with Crippen LogP contribution in [0.4, 0.5) is 5.69 Å². The van der Waals surface area contributed by atoms with Gasteiger partial charge in [0.05, 0.1) is 11.9 Å². The second kappa shape index (κ2) is 9.06. The Kier molecular flexibility index (Phi) is 6.06. The minimum atomic E-state index is -0.158. The fourth-order valence-electron chi connectivity index (χ4n) is 2.80. The van der Waals surface area contributed by atoms with Gasteiger partial charge in [0.15, 0.2) is 11.0 Å². The summed E-state index contributed by atoms with van der Waals surface area (Å²) in [6.07, 6.45) is 4.84. The molecule has 0 spiro atoms. The number of nitrogens with zero attached hydrogens (tertiary/aromatic N) is 5. The van der Waals surface area contributed by atoms with Crippen molar-refractivity contribution in [2.75, 3.05) is 11.1 Å². The molecule has 150 valence electrons. The third-order valence-electron chi connectivity index (χ3n) is 4.25. The number of halogens is 1. The first-order valence-electron chi connectivity index (χ1n) is 9.08. The van der Waals surface area contributed by atoms with Gasteiger partial charge in [-0.2, -0.15) is 0 Å². The number of rotatable bonds is 6. The van der Waals surface area contributed by atoms with Crippen molar-refractivity contribution >= 4 is 35.0 Å². The first-order valence-corrected chi connectivity index (χ1v) is 10.4. The van der Waals surface area contributed by atoms with E-state index in [1.54, 1.807) is 30.7 Å². The summed E-state index contributed by atoms with van der Waals surface area (Å²) in [4.78, 5) is 21.0. The van der Waals surface area contributed by atoms with E-state index in [-0.39, 0.29) is 11.7 Å². The summed E-state index contributed by atoms with van der Waals surface area (Å²) >= 11 is 7.32. The van der Waals surface area contributed by atoms with Gasteiger partial charge in [0, 0.05) is 28.8 Å². The van der Waals surface area contributed by atoms with Gasteiger partial charge in [-0.3, -0.25) is 14.3 Å². The molecule has 0 unspecified atom stereocenters. The Morgan fingerprint density at radius 2 is 1.97 bits per heavy atom. The first-order chi connectivity index (χ1) is 14.6. The van der Waals surface area contributed by atoms with Crippen LogP contribution in [0.25, 0.3) is 17.2 Å². The molecule has 0 bridgehead atoms. The van der Waals surface area contributed by atoms with Gasteiger partial charge in [-0.15, -0.1) is 10.2 Å². The minimum absolute atomic E-state index is 0.158. The Balaban J connectivity index is 1.58. The van der Waals surface area contributed by atoms with E-state index in [9.17, 15) is 4.79 Å². The topological polar surface area (TPSA) is 85.6 Å². The van der Waals surface area contributed by atoms with Crippen LogP contribution in [-0.2, 0) is 4.79 Å². The lowest BCUT2D eigenvalue weighted by molar-refractivity contribution is -0.113. The van der Waals surface area contributed by atoms with Crippen LogP contribution in [0, 0.1) is 6.92 Å². The van der Waals surface area contributed by atoms with E-state index >= 15 is 0 Å². The molecule has 4 rings (SSSR count). The van der Waals surface area contributed by atoms with Crippen molar-refractivity contribution in [1.82, 2.24) is 24.7 Å². The van der Waals surface area contributed by atoms with Crippen LogP contribution < -0.4 is 5.32 Å². The fraction of sp³-hybridized carbons (Fsp3) is 0.0952. The number of carbonyl (C=O) groups excluding carboxylic acids is 1. The highest BCUT2D eigenvalue weighted by Crippen LogP contribution is 2.27. The zero-order valence-corrected chi connectivity index (χ0v) is 17.6. The van der Waals surface area contributed by atoms with Gasteiger partial charge >= 0.3 is 0 Å². The van der Waals surface area contributed by atoms with Crippen molar-refractivity contribution in [3.05, 3.63) is 77.7 Å². The number of hydrogen-bond acceptors (Lipinski definition) is 6. The minimum Gasteiger partial charge on any atom is -0.325 e. The lowest BCUT2D eigenvalue weighted by Gasteiger charge is -2.11. The Morgan fingerprint density at radius 1 is 1.13 bits per heavy atom. The molecule has 0 saturated carbocycles. The normalized spacial score (nSPS) is 10.7. The number of anilines is 1. The lowest BCUT2D eigenvalue weighted by Crippen LogP contribution is -2.15. The number of hydrogen-bond donors (Lipinski definition) is 1. The third kappa shape index (κ3) is 4.50. The van der Waals surface area contributed by atoms with Gasteiger partial charge in [0.25, 0.3) is 0 Å².